The van der Waals surface area contributed by atoms with Gasteiger partial charge in [-0.25, -0.2) is 13.8 Å². The number of carbonyl (C=O) groups is 2. The van der Waals surface area contributed by atoms with Gasteiger partial charge in [0.15, 0.2) is 5.82 Å². The fourth-order valence-electron chi connectivity index (χ4n) is 6.29. The molecule has 9 nitrogen and oxygen atoms in total. The maximum Gasteiger partial charge on any atom is 0.255 e. The molecule has 48 heavy (non-hydrogen) atoms. The summed E-state index contributed by atoms with van der Waals surface area (Å²) in [4.78, 5) is 31.3. The number of aldehydes is 1. The maximum absolute atomic E-state index is 15.3. The Balaban J connectivity index is 1.11. The van der Waals surface area contributed by atoms with Crippen LogP contribution in [0.1, 0.15) is 45.8 Å². The molecule has 0 unspecified atom stereocenters. The molecule has 6 rings (SSSR count). The minimum atomic E-state index is -0.522. The van der Waals surface area contributed by atoms with Crippen LogP contribution in [-0.2, 0) is 24.9 Å². The van der Waals surface area contributed by atoms with Crippen LogP contribution < -0.4 is 10.6 Å². The van der Waals surface area contributed by atoms with Crippen LogP contribution in [0.4, 0.5) is 14.5 Å². The molecular formula is C36H36ClF2N7O2. The molecule has 0 radical (unpaired) electrons. The fourth-order valence-corrected chi connectivity index (χ4v) is 6.45. The average Bonchev–Trinajstić information content (AvgIpc) is 3.61. The molecule has 3 heterocycles. The second kappa shape index (κ2) is 14.1. The van der Waals surface area contributed by atoms with E-state index in [9.17, 15) is 14.0 Å². The molecule has 3 N–H and O–H groups in total. The first-order valence-electron chi connectivity index (χ1n) is 15.8. The molecule has 0 saturated carbocycles. The Morgan fingerprint density at radius 2 is 1.90 bits per heavy atom. The van der Waals surface area contributed by atoms with Gasteiger partial charge in [-0.15, -0.1) is 0 Å². The molecule has 3 aromatic carbocycles. The summed E-state index contributed by atoms with van der Waals surface area (Å²) in [5, 5.41) is 13.8. The lowest BCUT2D eigenvalue weighted by Crippen LogP contribution is -2.36. The number of hydrogen-bond acceptors (Lipinski definition) is 6. The molecule has 0 bridgehead atoms. The lowest BCUT2D eigenvalue weighted by Gasteiger charge is -2.33. The van der Waals surface area contributed by atoms with Crippen LogP contribution in [0.5, 0.6) is 0 Å². The molecule has 0 spiro atoms. The quantitative estimate of drug-likeness (QED) is 0.0848. The predicted octanol–water partition coefficient (Wildman–Crippen LogP) is 6.89. The van der Waals surface area contributed by atoms with Gasteiger partial charge in [0.2, 0.25) is 0 Å². The van der Waals surface area contributed by atoms with Crippen LogP contribution in [-0.4, -0.2) is 49.9 Å². The standard InChI is InChI=1S/C36H36ClF2N7O2/c1-21-16-30(34(39)33-22(2)43-44-35(21)33)42-36(48)24-8-10-31-29(17-24)41-32(45(31)3)20-46-13-11-23(12-14-46)28(6-4-5-15-47)40-19-25-7-9-26(37)18-27(25)38/h4-10,15-18,23,40H,11-14,19-20H2,1-3H3,(H,42,48)(H,43,44)/b5-4-,28-6-. The molecular weight excluding hydrogens is 636 g/mol. The third-order valence-electron chi connectivity index (χ3n) is 8.98. The summed E-state index contributed by atoms with van der Waals surface area (Å²) >= 11 is 5.91. The van der Waals surface area contributed by atoms with Crippen LogP contribution >= 0.6 is 11.6 Å². The van der Waals surface area contributed by atoms with Crippen molar-refractivity contribution in [2.75, 3.05) is 18.4 Å². The topological polar surface area (TPSA) is 108 Å². The zero-order valence-electron chi connectivity index (χ0n) is 26.9. The van der Waals surface area contributed by atoms with Crippen molar-refractivity contribution in [2.45, 2.75) is 39.8 Å². The van der Waals surface area contributed by atoms with Crippen LogP contribution in [0.25, 0.3) is 21.9 Å². The number of allylic oxidation sites excluding steroid dienone is 4. The molecule has 1 aliphatic rings. The third kappa shape index (κ3) is 6.88. The van der Waals surface area contributed by atoms with Gasteiger partial charge in [0.05, 0.1) is 34.2 Å². The van der Waals surface area contributed by atoms with Crippen LogP contribution in [0.15, 0.2) is 66.4 Å². The second-order valence-corrected chi connectivity index (χ2v) is 12.6. The van der Waals surface area contributed by atoms with Gasteiger partial charge in [-0.3, -0.25) is 19.6 Å². The molecule has 5 aromatic rings. The van der Waals surface area contributed by atoms with Gasteiger partial charge in [-0.2, -0.15) is 5.10 Å². The molecule has 1 amide bonds. The zero-order valence-corrected chi connectivity index (χ0v) is 27.7. The van der Waals surface area contributed by atoms with Crippen molar-refractivity contribution >= 4 is 51.4 Å². The number of nitrogens with one attached hydrogen (secondary N) is 3. The Morgan fingerprint density at radius 1 is 1.10 bits per heavy atom. The largest absolute Gasteiger partial charge is 0.384 e. The van der Waals surface area contributed by atoms with E-state index >= 15 is 4.39 Å². The first-order chi connectivity index (χ1) is 23.1. The number of aromatic amines is 1. The number of aryl methyl sites for hydroxylation is 3. The molecule has 2 aromatic heterocycles. The van der Waals surface area contributed by atoms with Crippen molar-refractivity contribution in [2.24, 2.45) is 13.0 Å². The Labute approximate surface area is 281 Å². The number of nitrogens with zero attached hydrogens (tertiary/aromatic N) is 4. The van der Waals surface area contributed by atoms with Crippen molar-refractivity contribution in [1.29, 1.82) is 0 Å². The van der Waals surface area contributed by atoms with Crippen molar-refractivity contribution in [3.05, 3.63) is 111 Å². The van der Waals surface area contributed by atoms with Crippen molar-refractivity contribution in [3.8, 4) is 0 Å². The summed E-state index contributed by atoms with van der Waals surface area (Å²) in [6.45, 7) is 6.14. The SMILES string of the molecule is Cc1cc(NC(=O)c2ccc3c(c2)nc(CN2CCC(/C(=C/C=C\C=O)NCc4ccc(Cl)cc4F)CC2)n3C)c(F)c2c(C)[nH]nc12. The fraction of sp³-hybridized carbons (Fsp3) is 0.278. The van der Waals surface area contributed by atoms with E-state index in [1.54, 1.807) is 43.3 Å². The molecule has 248 valence electrons. The summed E-state index contributed by atoms with van der Waals surface area (Å²) < 4.78 is 31.7. The smallest absolute Gasteiger partial charge is 0.255 e. The van der Waals surface area contributed by atoms with Crippen LogP contribution in [0, 0.1) is 31.4 Å². The van der Waals surface area contributed by atoms with E-state index in [1.165, 1.54) is 12.1 Å². The second-order valence-electron chi connectivity index (χ2n) is 12.2. The van der Waals surface area contributed by atoms with E-state index < -0.39 is 11.7 Å². The van der Waals surface area contributed by atoms with Gasteiger partial charge in [0.25, 0.3) is 5.91 Å². The number of hydrogen-bond donors (Lipinski definition) is 3. The first kappa shape index (κ1) is 33.0. The van der Waals surface area contributed by atoms with Gasteiger partial charge in [0, 0.05) is 47.1 Å². The van der Waals surface area contributed by atoms with E-state index in [0.29, 0.717) is 51.4 Å². The lowest BCUT2D eigenvalue weighted by molar-refractivity contribution is -0.104. The van der Waals surface area contributed by atoms with Gasteiger partial charge < -0.3 is 15.2 Å². The predicted molar refractivity (Wildman–Crippen MR) is 184 cm³/mol. The van der Waals surface area contributed by atoms with E-state index in [1.807, 2.05) is 30.7 Å². The number of rotatable bonds is 10. The van der Waals surface area contributed by atoms with E-state index in [2.05, 4.69) is 25.7 Å². The number of H-pyrrole nitrogens is 1. The molecule has 0 atom stereocenters. The molecule has 1 aliphatic heterocycles. The number of amides is 1. The highest BCUT2D eigenvalue weighted by Crippen LogP contribution is 2.30. The van der Waals surface area contributed by atoms with Gasteiger partial charge in [-0.1, -0.05) is 23.7 Å². The number of halogens is 3. The van der Waals surface area contributed by atoms with Gasteiger partial charge in [-0.05, 0) is 93.9 Å². The van der Waals surface area contributed by atoms with Crippen molar-refractivity contribution in [1.82, 2.24) is 30.0 Å². The Bertz CT molecular complexity index is 2080. The number of imidazole rings is 1. The van der Waals surface area contributed by atoms with Gasteiger partial charge >= 0.3 is 0 Å². The minimum Gasteiger partial charge on any atom is -0.384 e. The highest BCUT2D eigenvalue weighted by atomic mass is 35.5. The molecule has 0 aliphatic carbocycles. The number of fused-ring (bicyclic) bond motifs is 2. The van der Waals surface area contributed by atoms with Gasteiger partial charge in [0.1, 0.15) is 17.9 Å². The van der Waals surface area contributed by atoms with E-state index in [-0.39, 0.29) is 17.4 Å². The van der Waals surface area contributed by atoms with Crippen LogP contribution in [0.3, 0.4) is 0 Å². The Morgan fingerprint density at radius 3 is 2.65 bits per heavy atom. The zero-order chi connectivity index (χ0) is 33.9. The molecule has 1 fully saturated rings. The molecule has 12 heteroatoms. The lowest BCUT2D eigenvalue weighted by atomic mass is 9.92. The third-order valence-corrected chi connectivity index (χ3v) is 9.21. The average molecular weight is 672 g/mol. The first-order valence-corrected chi connectivity index (χ1v) is 16.1. The summed E-state index contributed by atoms with van der Waals surface area (Å²) in [6.07, 6.45) is 7.47. The maximum atomic E-state index is 15.3. The summed E-state index contributed by atoms with van der Waals surface area (Å²) in [6, 6.07) is 11.5. The number of carbonyl (C=O) groups excluding carboxylic acids is 2. The number of benzene rings is 3. The Hall–Kier alpha value is -4.87. The number of likely N-dealkylation sites (tertiary alicyclic amines) is 1. The number of piperidine rings is 1. The molecule has 1 saturated heterocycles. The minimum absolute atomic E-state index is 0.102. The highest BCUT2D eigenvalue weighted by molar-refractivity contribution is 6.30. The van der Waals surface area contributed by atoms with E-state index in [0.717, 1.165) is 54.8 Å². The van der Waals surface area contributed by atoms with E-state index in [4.69, 9.17) is 16.6 Å². The highest BCUT2D eigenvalue weighted by Gasteiger charge is 2.24. The normalized spacial score (nSPS) is 14.8. The number of aromatic nitrogens is 4. The monoisotopic (exact) mass is 671 g/mol. The van der Waals surface area contributed by atoms with Crippen LogP contribution in [0.2, 0.25) is 5.02 Å². The summed E-state index contributed by atoms with van der Waals surface area (Å²) in [7, 11) is 1.96. The summed E-state index contributed by atoms with van der Waals surface area (Å²) in [5.74, 6) is -0.240. The summed E-state index contributed by atoms with van der Waals surface area (Å²) in [5.41, 5.74) is 5.40. The Kier molecular flexibility index (Phi) is 9.70. The van der Waals surface area contributed by atoms with Crippen molar-refractivity contribution < 1.29 is 18.4 Å². The van der Waals surface area contributed by atoms with Crippen molar-refractivity contribution in [3.63, 3.8) is 0 Å². The number of anilines is 1.